The Morgan fingerprint density at radius 1 is 0.906 bits per heavy atom. The number of anilines is 1. The molecular weight excluding hydrogens is 406 g/mol. The van der Waals surface area contributed by atoms with E-state index in [2.05, 4.69) is 20.8 Å². The van der Waals surface area contributed by atoms with Crippen molar-refractivity contribution >= 4 is 17.6 Å². The first-order chi connectivity index (χ1) is 15.5. The van der Waals surface area contributed by atoms with Crippen molar-refractivity contribution in [1.29, 1.82) is 0 Å². The number of rotatable bonds is 6. The molecule has 1 heterocycles. The molecule has 160 valence electrons. The van der Waals surface area contributed by atoms with Gasteiger partial charge in [0.15, 0.2) is 0 Å². The van der Waals surface area contributed by atoms with Crippen molar-refractivity contribution in [2.75, 3.05) is 5.32 Å². The summed E-state index contributed by atoms with van der Waals surface area (Å²) in [6, 6.07) is 21.2. The van der Waals surface area contributed by atoms with Gasteiger partial charge >= 0.3 is 6.03 Å². The van der Waals surface area contributed by atoms with E-state index in [1.807, 2.05) is 31.2 Å². The van der Waals surface area contributed by atoms with Crippen LogP contribution in [0, 0.1) is 6.92 Å². The highest BCUT2D eigenvalue weighted by molar-refractivity contribution is 5.94. The van der Waals surface area contributed by atoms with Crippen LogP contribution in [0.2, 0.25) is 0 Å². The van der Waals surface area contributed by atoms with Gasteiger partial charge in [0.1, 0.15) is 0 Å². The first kappa shape index (κ1) is 20.8. The Bertz CT molecular complexity index is 1250. The molecule has 1 aromatic heterocycles. The monoisotopic (exact) mass is 427 g/mol. The summed E-state index contributed by atoms with van der Waals surface area (Å²) in [5.41, 5.74) is 9.77. The zero-order valence-electron chi connectivity index (χ0n) is 17.3. The smallest absolute Gasteiger partial charge is 0.316 e. The maximum atomic E-state index is 12.5. The number of aromatic nitrogens is 2. The van der Waals surface area contributed by atoms with Gasteiger partial charge in [-0.2, -0.15) is 0 Å². The van der Waals surface area contributed by atoms with Gasteiger partial charge in [0.2, 0.25) is 11.8 Å². The van der Waals surface area contributed by atoms with Crippen LogP contribution in [-0.2, 0) is 6.54 Å². The molecule has 8 nitrogen and oxygen atoms in total. The van der Waals surface area contributed by atoms with E-state index in [0.29, 0.717) is 29.6 Å². The fourth-order valence-electron chi connectivity index (χ4n) is 3.13. The highest BCUT2D eigenvalue weighted by Gasteiger charge is 2.12. The summed E-state index contributed by atoms with van der Waals surface area (Å²) in [4.78, 5) is 23.3. The van der Waals surface area contributed by atoms with Gasteiger partial charge in [0, 0.05) is 28.9 Å². The molecule has 3 amide bonds. The van der Waals surface area contributed by atoms with Gasteiger partial charge < -0.3 is 20.8 Å². The Balaban J connectivity index is 1.38. The Morgan fingerprint density at radius 3 is 2.25 bits per heavy atom. The van der Waals surface area contributed by atoms with Crippen LogP contribution in [0.5, 0.6) is 0 Å². The average Bonchev–Trinajstić information content (AvgIpc) is 3.29. The molecule has 4 aromatic rings. The van der Waals surface area contributed by atoms with Crippen molar-refractivity contribution in [2.24, 2.45) is 5.73 Å². The molecule has 0 atom stereocenters. The van der Waals surface area contributed by atoms with Crippen LogP contribution in [0.15, 0.2) is 77.2 Å². The Labute approximate surface area is 184 Å². The van der Waals surface area contributed by atoms with E-state index in [0.717, 1.165) is 22.3 Å². The molecule has 4 N–H and O–H groups in total. The summed E-state index contributed by atoms with van der Waals surface area (Å²) >= 11 is 0. The first-order valence-electron chi connectivity index (χ1n) is 9.92. The molecule has 3 aromatic carbocycles. The number of aryl methyl sites for hydroxylation is 1. The molecule has 0 saturated heterocycles. The lowest BCUT2D eigenvalue weighted by atomic mass is 10.1. The molecule has 8 heteroatoms. The van der Waals surface area contributed by atoms with Gasteiger partial charge in [-0.25, -0.2) is 4.79 Å². The minimum atomic E-state index is -0.624. The number of benzene rings is 3. The fourth-order valence-corrected chi connectivity index (χ4v) is 3.13. The van der Waals surface area contributed by atoms with Gasteiger partial charge in [0.25, 0.3) is 5.91 Å². The quantitative estimate of drug-likeness (QED) is 0.427. The summed E-state index contributed by atoms with van der Waals surface area (Å²) in [7, 11) is 0. The number of hydrogen-bond acceptors (Lipinski definition) is 5. The molecular formula is C24H21N5O3. The zero-order valence-corrected chi connectivity index (χ0v) is 17.3. The van der Waals surface area contributed by atoms with E-state index >= 15 is 0 Å². The summed E-state index contributed by atoms with van der Waals surface area (Å²) in [5.74, 6) is 0.627. The predicted octanol–water partition coefficient (Wildman–Crippen LogP) is 4.13. The maximum Gasteiger partial charge on any atom is 0.316 e. The number of nitrogens with zero attached hydrogens (tertiary/aromatic N) is 2. The maximum absolute atomic E-state index is 12.5. The molecule has 32 heavy (non-hydrogen) atoms. The number of primary amides is 1. The van der Waals surface area contributed by atoms with Crippen LogP contribution in [0.4, 0.5) is 10.5 Å². The largest absolute Gasteiger partial charge is 0.416 e. The van der Waals surface area contributed by atoms with E-state index in [9.17, 15) is 9.59 Å². The van der Waals surface area contributed by atoms with E-state index in [1.54, 1.807) is 48.5 Å². The topological polar surface area (TPSA) is 123 Å². The Hall–Kier alpha value is -4.46. The number of nitrogens with two attached hydrogens (primary N) is 1. The number of urea groups is 1. The number of carbonyl (C=O) groups excluding carboxylic acids is 2. The second kappa shape index (κ2) is 9.13. The van der Waals surface area contributed by atoms with Gasteiger partial charge in [-0.1, -0.05) is 29.8 Å². The van der Waals surface area contributed by atoms with Crippen molar-refractivity contribution in [3.05, 3.63) is 89.5 Å². The lowest BCUT2D eigenvalue weighted by Gasteiger charge is -2.07. The first-order valence-corrected chi connectivity index (χ1v) is 9.92. The second-order valence-electron chi connectivity index (χ2n) is 7.23. The minimum Gasteiger partial charge on any atom is -0.416 e. The van der Waals surface area contributed by atoms with E-state index in [-0.39, 0.29) is 5.91 Å². The number of hydrogen-bond donors (Lipinski definition) is 3. The lowest BCUT2D eigenvalue weighted by Crippen LogP contribution is -2.22. The minimum absolute atomic E-state index is 0.207. The average molecular weight is 427 g/mol. The van der Waals surface area contributed by atoms with Gasteiger partial charge in [-0.3, -0.25) is 4.79 Å². The molecule has 0 aliphatic carbocycles. The van der Waals surface area contributed by atoms with Crippen molar-refractivity contribution in [3.63, 3.8) is 0 Å². The van der Waals surface area contributed by atoms with Gasteiger partial charge in [-0.15, -0.1) is 10.2 Å². The van der Waals surface area contributed by atoms with E-state index in [1.165, 1.54) is 0 Å². The molecule has 4 rings (SSSR count). The number of carbonyl (C=O) groups is 2. The van der Waals surface area contributed by atoms with Crippen LogP contribution >= 0.6 is 0 Å². The van der Waals surface area contributed by atoms with Gasteiger partial charge in [-0.05, 0) is 61.0 Å². The summed E-state index contributed by atoms with van der Waals surface area (Å²) in [6.45, 7) is 2.35. The van der Waals surface area contributed by atoms with Crippen molar-refractivity contribution < 1.29 is 14.0 Å². The molecule has 0 aliphatic rings. The molecule has 0 unspecified atom stereocenters. The van der Waals surface area contributed by atoms with Crippen molar-refractivity contribution in [2.45, 2.75) is 13.5 Å². The number of amides is 3. The number of nitrogens with one attached hydrogen (secondary N) is 2. The summed E-state index contributed by atoms with van der Waals surface area (Å²) in [6.07, 6.45) is 0. The molecule has 0 aliphatic heterocycles. The normalized spacial score (nSPS) is 10.5. The van der Waals surface area contributed by atoms with Crippen LogP contribution in [-0.4, -0.2) is 22.1 Å². The SMILES string of the molecule is Cc1cccc(-c2nnc(-c3ccc(C(=O)NCc4ccc(NC(N)=O)cc4)cc3)o2)c1. The third-order valence-electron chi connectivity index (χ3n) is 4.76. The summed E-state index contributed by atoms with van der Waals surface area (Å²) < 4.78 is 5.79. The molecule has 0 saturated carbocycles. The van der Waals surface area contributed by atoms with Crippen molar-refractivity contribution in [3.8, 4) is 22.9 Å². The molecule has 0 spiro atoms. The van der Waals surface area contributed by atoms with Crippen molar-refractivity contribution in [1.82, 2.24) is 15.5 Å². The fraction of sp³-hybridized carbons (Fsp3) is 0.0833. The standard InChI is InChI=1S/C24H21N5O3/c1-15-3-2-4-19(13-15)23-29-28-22(32-23)18-9-7-17(8-10-18)21(30)26-14-16-5-11-20(12-6-16)27-24(25)31/h2-13H,14H2,1H3,(H,26,30)(H3,25,27,31). The molecule has 0 fully saturated rings. The Kier molecular flexibility index (Phi) is 5.94. The molecule has 0 radical (unpaired) electrons. The van der Waals surface area contributed by atoms with E-state index < -0.39 is 6.03 Å². The van der Waals surface area contributed by atoms with Crippen LogP contribution < -0.4 is 16.4 Å². The highest BCUT2D eigenvalue weighted by Crippen LogP contribution is 2.24. The van der Waals surface area contributed by atoms with Gasteiger partial charge in [0.05, 0.1) is 0 Å². The second-order valence-corrected chi connectivity index (χ2v) is 7.23. The van der Waals surface area contributed by atoms with Crippen LogP contribution in [0.3, 0.4) is 0 Å². The lowest BCUT2D eigenvalue weighted by molar-refractivity contribution is 0.0951. The molecule has 0 bridgehead atoms. The highest BCUT2D eigenvalue weighted by atomic mass is 16.4. The van der Waals surface area contributed by atoms with E-state index in [4.69, 9.17) is 10.2 Å². The third-order valence-corrected chi connectivity index (χ3v) is 4.76. The third kappa shape index (κ3) is 4.99. The van der Waals surface area contributed by atoms with Crippen LogP contribution in [0.1, 0.15) is 21.5 Å². The Morgan fingerprint density at radius 2 is 1.59 bits per heavy atom. The summed E-state index contributed by atoms with van der Waals surface area (Å²) in [5, 5.41) is 13.6. The predicted molar refractivity (Wildman–Crippen MR) is 121 cm³/mol. The zero-order chi connectivity index (χ0) is 22.5. The van der Waals surface area contributed by atoms with Crippen LogP contribution in [0.25, 0.3) is 22.9 Å².